The minimum Gasteiger partial charge on any atom is -0.423 e. The molecular formula is C15H16O2. The SMILES string of the molecule is CCCC/C=C/c1cc(=O)oc2ccccc12. The molecule has 2 heteroatoms. The lowest BCUT2D eigenvalue weighted by Crippen LogP contribution is -1.97. The summed E-state index contributed by atoms with van der Waals surface area (Å²) in [5.41, 5.74) is 1.29. The molecule has 2 aromatic rings. The predicted molar refractivity (Wildman–Crippen MR) is 71.0 cm³/mol. The first-order chi connectivity index (χ1) is 8.31. The van der Waals surface area contributed by atoms with Crippen LogP contribution in [-0.4, -0.2) is 0 Å². The fraction of sp³-hybridized carbons (Fsp3) is 0.267. The summed E-state index contributed by atoms with van der Waals surface area (Å²) in [5, 5.41) is 0.986. The summed E-state index contributed by atoms with van der Waals surface area (Å²) in [6.07, 6.45) is 7.53. The van der Waals surface area contributed by atoms with Crippen molar-refractivity contribution in [3.05, 3.63) is 52.4 Å². The van der Waals surface area contributed by atoms with Gasteiger partial charge in [0, 0.05) is 11.5 Å². The van der Waals surface area contributed by atoms with Crippen molar-refractivity contribution < 1.29 is 4.42 Å². The molecule has 0 atom stereocenters. The Morgan fingerprint density at radius 2 is 2.12 bits per heavy atom. The summed E-state index contributed by atoms with van der Waals surface area (Å²) < 4.78 is 5.14. The Balaban J connectivity index is 2.38. The highest BCUT2D eigenvalue weighted by atomic mass is 16.4. The van der Waals surface area contributed by atoms with Crippen molar-refractivity contribution in [2.75, 3.05) is 0 Å². The van der Waals surface area contributed by atoms with E-state index in [9.17, 15) is 4.79 Å². The van der Waals surface area contributed by atoms with Crippen molar-refractivity contribution in [1.29, 1.82) is 0 Å². The Kier molecular flexibility index (Phi) is 3.76. The minimum absolute atomic E-state index is 0.293. The molecule has 88 valence electrons. The number of fused-ring (bicyclic) bond motifs is 1. The summed E-state index contributed by atoms with van der Waals surface area (Å²) in [7, 11) is 0. The highest BCUT2D eigenvalue weighted by Crippen LogP contribution is 2.17. The van der Waals surface area contributed by atoms with E-state index in [2.05, 4.69) is 13.0 Å². The molecule has 0 amide bonds. The normalized spacial score (nSPS) is 11.4. The third-order valence-corrected chi connectivity index (χ3v) is 2.70. The Labute approximate surface area is 101 Å². The third kappa shape index (κ3) is 2.84. The van der Waals surface area contributed by atoms with Crippen LogP contribution in [0.1, 0.15) is 31.7 Å². The van der Waals surface area contributed by atoms with E-state index in [0.717, 1.165) is 17.4 Å². The third-order valence-electron chi connectivity index (χ3n) is 2.70. The molecule has 0 aliphatic rings. The predicted octanol–water partition coefficient (Wildman–Crippen LogP) is 4.00. The first-order valence-corrected chi connectivity index (χ1v) is 6.00. The molecular weight excluding hydrogens is 212 g/mol. The second-order valence-electron chi connectivity index (χ2n) is 4.06. The van der Waals surface area contributed by atoms with Gasteiger partial charge in [0.25, 0.3) is 0 Å². The maximum absolute atomic E-state index is 11.4. The zero-order chi connectivity index (χ0) is 12.1. The van der Waals surface area contributed by atoms with Gasteiger partial charge in [-0.2, -0.15) is 0 Å². The van der Waals surface area contributed by atoms with Crippen LogP contribution in [0.15, 0.2) is 45.6 Å². The van der Waals surface area contributed by atoms with Gasteiger partial charge in [-0.05, 0) is 18.1 Å². The number of hydrogen-bond donors (Lipinski definition) is 0. The van der Waals surface area contributed by atoms with Gasteiger partial charge in [0.05, 0.1) is 0 Å². The summed E-state index contributed by atoms with van der Waals surface area (Å²) in [6.45, 7) is 2.17. The molecule has 0 aliphatic heterocycles. The monoisotopic (exact) mass is 228 g/mol. The van der Waals surface area contributed by atoms with Crippen molar-refractivity contribution >= 4 is 17.0 Å². The van der Waals surface area contributed by atoms with E-state index in [4.69, 9.17) is 4.42 Å². The maximum atomic E-state index is 11.4. The number of allylic oxidation sites excluding steroid dienone is 1. The molecule has 0 unspecified atom stereocenters. The lowest BCUT2D eigenvalue weighted by Gasteiger charge is -1.99. The Morgan fingerprint density at radius 1 is 1.29 bits per heavy atom. The first kappa shape index (κ1) is 11.6. The second-order valence-corrected chi connectivity index (χ2v) is 4.06. The molecule has 1 heterocycles. The van der Waals surface area contributed by atoms with Gasteiger partial charge in [0.1, 0.15) is 5.58 Å². The molecule has 0 spiro atoms. The lowest BCUT2D eigenvalue weighted by molar-refractivity contribution is 0.560. The van der Waals surface area contributed by atoms with Crippen LogP contribution in [0.25, 0.3) is 17.0 Å². The molecule has 1 aromatic heterocycles. The Bertz CT molecular complexity index is 579. The van der Waals surface area contributed by atoms with Gasteiger partial charge in [-0.1, -0.05) is 50.1 Å². The lowest BCUT2D eigenvalue weighted by atomic mass is 10.1. The highest BCUT2D eigenvalue weighted by molar-refractivity contribution is 5.85. The standard InChI is InChI=1S/C15H16O2/c1-2-3-4-5-8-12-11-15(16)17-14-10-7-6-9-13(12)14/h5-11H,2-4H2,1H3/b8-5+. The number of rotatable bonds is 4. The number of unbranched alkanes of at least 4 members (excludes halogenated alkanes) is 2. The van der Waals surface area contributed by atoms with Crippen LogP contribution in [0.3, 0.4) is 0 Å². The number of para-hydroxylation sites is 1. The molecule has 17 heavy (non-hydrogen) atoms. The first-order valence-electron chi connectivity index (χ1n) is 6.00. The van der Waals surface area contributed by atoms with Crippen LogP contribution in [0.4, 0.5) is 0 Å². The van der Waals surface area contributed by atoms with E-state index in [1.165, 1.54) is 12.8 Å². The van der Waals surface area contributed by atoms with Crippen LogP contribution in [-0.2, 0) is 0 Å². The molecule has 0 fully saturated rings. The average molecular weight is 228 g/mol. The highest BCUT2D eigenvalue weighted by Gasteiger charge is 2.01. The topological polar surface area (TPSA) is 30.2 Å². The Morgan fingerprint density at radius 3 is 2.94 bits per heavy atom. The second kappa shape index (κ2) is 5.48. The summed E-state index contributed by atoms with van der Waals surface area (Å²) in [4.78, 5) is 11.4. The molecule has 0 saturated carbocycles. The van der Waals surface area contributed by atoms with Crippen molar-refractivity contribution in [3.8, 4) is 0 Å². The smallest absolute Gasteiger partial charge is 0.336 e. The molecule has 0 radical (unpaired) electrons. The minimum atomic E-state index is -0.293. The van der Waals surface area contributed by atoms with Gasteiger partial charge in [0.15, 0.2) is 0 Å². The van der Waals surface area contributed by atoms with Crippen LogP contribution >= 0.6 is 0 Å². The molecule has 1 aromatic carbocycles. The summed E-state index contributed by atoms with van der Waals surface area (Å²) >= 11 is 0. The zero-order valence-electron chi connectivity index (χ0n) is 9.98. The van der Waals surface area contributed by atoms with Gasteiger partial charge in [0.2, 0.25) is 0 Å². The van der Waals surface area contributed by atoms with Crippen molar-refractivity contribution in [2.45, 2.75) is 26.2 Å². The number of benzene rings is 1. The van der Waals surface area contributed by atoms with E-state index in [-0.39, 0.29) is 5.63 Å². The van der Waals surface area contributed by atoms with Crippen LogP contribution in [0.5, 0.6) is 0 Å². The van der Waals surface area contributed by atoms with Crippen molar-refractivity contribution in [3.63, 3.8) is 0 Å². The van der Waals surface area contributed by atoms with E-state index in [0.29, 0.717) is 5.58 Å². The van der Waals surface area contributed by atoms with Gasteiger partial charge in [-0.25, -0.2) is 4.79 Å². The van der Waals surface area contributed by atoms with Gasteiger partial charge in [-0.15, -0.1) is 0 Å². The summed E-state index contributed by atoms with van der Waals surface area (Å²) in [6, 6.07) is 9.16. The van der Waals surface area contributed by atoms with Gasteiger partial charge >= 0.3 is 5.63 Å². The average Bonchev–Trinajstić information content (AvgIpc) is 2.34. The molecule has 0 N–H and O–H groups in total. The molecule has 2 nitrogen and oxygen atoms in total. The number of hydrogen-bond acceptors (Lipinski definition) is 2. The van der Waals surface area contributed by atoms with E-state index in [1.807, 2.05) is 30.3 Å². The molecule has 0 aliphatic carbocycles. The van der Waals surface area contributed by atoms with Gasteiger partial charge in [-0.3, -0.25) is 0 Å². The maximum Gasteiger partial charge on any atom is 0.336 e. The largest absolute Gasteiger partial charge is 0.423 e. The molecule has 0 saturated heterocycles. The van der Waals surface area contributed by atoms with Crippen LogP contribution < -0.4 is 5.63 Å². The van der Waals surface area contributed by atoms with E-state index >= 15 is 0 Å². The van der Waals surface area contributed by atoms with E-state index in [1.54, 1.807) is 6.07 Å². The summed E-state index contributed by atoms with van der Waals surface area (Å²) in [5.74, 6) is 0. The Hall–Kier alpha value is -1.83. The van der Waals surface area contributed by atoms with Crippen LogP contribution in [0.2, 0.25) is 0 Å². The van der Waals surface area contributed by atoms with Gasteiger partial charge < -0.3 is 4.42 Å². The fourth-order valence-electron chi connectivity index (χ4n) is 1.81. The molecule has 0 bridgehead atoms. The quantitative estimate of drug-likeness (QED) is 0.585. The van der Waals surface area contributed by atoms with Crippen LogP contribution in [0, 0.1) is 0 Å². The van der Waals surface area contributed by atoms with Crippen molar-refractivity contribution in [2.24, 2.45) is 0 Å². The van der Waals surface area contributed by atoms with E-state index < -0.39 is 0 Å². The zero-order valence-corrected chi connectivity index (χ0v) is 9.98. The van der Waals surface area contributed by atoms with Crippen molar-refractivity contribution in [1.82, 2.24) is 0 Å². The fourth-order valence-corrected chi connectivity index (χ4v) is 1.81. The molecule has 2 rings (SSSR count).